The van der Waals surface area contributed by atoms with E-state index in [2.05, 4.69) is 30.0 Å². The predicted octanol–water partition coefficient (Wildman–Crippen LogP) is 4.05. The SMILES string of the molecule is Cc1ccc2c(c1)N(Cc1ccccc1Cl)CCO2. The van der Waals surface area contributed by atoms with Crippen molar-refractivity contribution in [3.8, 4) is 5.75 Å². The molecule has 98 valence electrons. The summed E-state index contributed by atoms with van der Waals surface area (Å²) in [5.74, 6) is 0.962. The third-order valence-electron chi connectivity index (χ3n) is 3.39. The topological polar surface area (TPSA) is 12.5 Å². The highest BCUT2D eigenvalue weighted by molar-refractivity contribution is 6.31. The van der Waals surface area contributed by atoms with E-state index in [-0.39, 0.29) is 0 Å². The van der Waals surface area contributed by atoms with Gasteiger partial charge in [-0.2, -0.15) is 0 Å². The summed E-state index contributed by atoms with van der Waals surface area (Å²) in [5.41, 5.74) is 3.55. The lowest BCUT2D eigenvalue weighted by molar-refractivity contribution is 0.307. The van der Waals surface area contributed by atoms with Gasteiger partial charge in [0.15, 0.2) is 0 Å². The van der Waals surface area contributed by atoms with E-state index < -0.39 is 0 Å². The van der Waals surface area contributed by atoms with Crippen molar-refractivity contribution < 1.29 is 4.74 Å². The summed E-state index contributed by atoms with van der Waals surface area (Å²) in [7, 11) is 0. The average Bonchev–Trinajstić information content (AvgIpc) is 2.42. The number of halogens is 1. The number of hydrogen-bond acceptors (Lipinski definition) is 2. The maximum atomic E-state index is 6.24. The molecule has 0 spiro atoms. The Kier molecular flexibility index (Phi) is 3.34. The highest BCUT2D eigenvalue weighted by atomic mass is 35.5. The fraction of sp³-hybridized carbons (Fsp3) is 0.250. The molecule has 1 heterocycles. The molecule has 0 fully saturated rings. The molecule has 2 nitrogen and oxygen atoms in total. The van der Waals surface area contributed by atoms with Gasteiger partial charge < -0.3 is 9.64 Å². The van der Waals surface area contributed by atoms with E-state index in [1.165, 1.54) is 5.56 Å². The quantitative estimate of drug-likeness (QED) is 0.819. The van der Waals surface area contributed by atoms with Crippen molar-refractivity contribution in [1.82, 2.24) is 0 Å². The van der Waals surface area contributed by atoms with E-state index in [0.29, 0.717) is 0 Å². The molecule has 0 atom stereocenters. The minimum Gasteiger partial charge on any atom is -0.490 e. The van der Waals surface area contributed by atoms with E-state index in [1.807, 2.05) is 24.3 Å². The van der Waals surface area contributed by atoms with Crippen LogP contribution in [0.5, 0.6) is 5.75 Å². The van der Waals surface area contributed by atoms with Crippen molar-refractivity contribution in [2.45, 2.75) is 13.5 Å². The molecular formula is C16H16ClNO. The Balaban J connectivity index is 1.92. The molecule has 0 aromatic heterocycles. The lowest BCUT2D eigenvalue weighted by atomic mass is 10.1. The van der Waals surface area contributed by atoms with Gasteiger partial charge in [0, 0.05) is 11.6 Å². The number of hydrogen-bond donors (Lipinski definition) is 0. The van der Waals surface area contributed by atoms with E-state index in [4.69, 9.17) is 16.3 Å². The van der Waals surface area contributed by atoms with E-state index in [1.54, 1.807) is 0 Å². The maximum absolute atomic E-state index is 6.24. The van der Waals surface area contributed by atoms with Crippen LogP contribution in [0.15, 0.2) is 42.5 Å². The highest BCUT2D eigenvalue weighted by Crippen LogP contribution is 2.33. The summed E-state index contributed by atoms with van der Waals surface area (Å²) >= 11 is 6.24. The number of rotatable bonds is 2. The molecule has 0 bridgehead atoms. The number of aryl methyl sites for hydroxylation is 1. The van der Waals surface area contributed by atoms with Gasteiger partial charge in [0.1, 0.15) is 12.4 Å². The second-order valence-electron chi connectivity index (χ2n) is 4.83. The van der Waals surface area contributed by atoms with E-state index in [0.717, 1.165) is 41.7 Å². The van der Waals surface area contributed by atoms with Crippen LogP contribution in [0.1, 0.15) is 11.1 Å². The number of ether oxygens (including phenoxy) is 1. The van der Waals surface area contributed by atoms with Gasteiger partial charge in [0.2, 0.25) is 0 Å². The number of nitrogens with zero attached hydrogens (tertiary/aromatic N) is 1. The Hall–Kier alpha value is -1.67. The first kappa shape index (κ1) is 12.4. The molecular weight excluding hydrogens is 258 g/mol. The van der Waals surface area contributed by atoms with Crippen molar-refractivity contribution in [1.29, 1.82) is 0 Å². The fourth-order valence-electron chi connectivity index (χ4n) is 2.38. The Morgan fingerprint density at radius 3 is 2.89 bits per heavy atom. The largest absolute Gasteiger partial charge is 0.490 e. The Morgan fingerprint density at radius 1 is 1.21 bits per heavy atom. The van der Waals surface area contributed by atoms with Gasteiger partial charge in [-0.25, -0.2) is 0 Å². The zero-order valence-corrected chi connectivity index (χ0v) is 11.7. The zero-order valence-electron chi connectivity index (χ0n) is 10.9. The summed E-state index contributed by atoms with van der Waals surface area (Å²) in [5, 5.41) is 0.822. The molecule has 0 radical (unpaired) electrons. The zero-order chi connectivity index (χ0) is 13.2. The first-order chi connectivity index (χ1) is 9.24. The minimum atomic E-state index is 0.723. The fourth-order valence-corrected chi connectivity index (χ4v) is 2.57. The molecule has 0 N–H and O–H groups in total. The van der Waals surface area contributed by atoms with Gasteiger partial charge in [-0.05, 0) is 36.2 Å². The molecule has 0 saturated carbocycles. The van der Waals surface area contributed by atoms with Gasteiger partial charge >= 0.3 is 0 Å². The summed E-state index contributed by atoms with van der Waals surface area (Å²) in [6, 6.07) is 14.3. The van der Waals surface area contributed by atoms with Crippen LogP contribution < -0.4 is 9.64 Å². The van der Waals surface area contributed by atoms with Crippen LogP contribution in [-0.2, 0) is 6.54 Å². The first-order valence-corrected chi connectivity index (χ1v) is 6.83. The Morgan fingerprint density at radius 2 is 2.05 bits per heavy atom. The van der Waals surface area contributed by atoms with Crippen LogP contribution in [0.4, 0.5) is 5.69 Å². The van der Waals surface area contributed by atoms with Crippen molar-refractivity contribution >= 4 is 17.3 Å². The van der Waals surface area contributed by atoms with Gasteiger partial charge in [-0.15, -0.1) is 0 Å². The average molecular weight is 274 g/mol. The Bertz CT molecular complexity index is 597. The maximum Gasteiger partial charge on any atom is 0.142 e. The normalized spacial score (nSPS) is 13.9. The van der Waals surface area contributed by atoms with Crippen LogP contribution in [-0.4, -0.2) is 13.2 Å². The highest BCUT2D eigenvalue weighted by Gasteiger charge is 2.18. The molecule has 2 aromatic carbocycles. The monoisotopic (exact) mass is 273 g/mol. The van der Waals surface area contributed by atoms with E-state index >= 15 is 0 Å². The third-order valence-corrected chi connectivity index (χ3v) is 3.76. The summed E-state index contributed by atoms with van der Waals surface area (Å²) < 4.78 is 5.70. The molecule has 0 unspecified atom stereocenters. The van der Waals surface area contributed by atoms with Crippen molar-refractivity contribution in [2.24, 2.45) is 0 Å². The van der Waals surface area contributed by atoms with Gasteiger partial charge in [0.05, 0.1) is 12.2 Å². The van der Waals surface area contributed by atoms with Crippen LogP contribution in [0.2, 0.25) is 5.02 Å². The lowest BCUT2D eigenvalue weighted by Crippen LogP contribution is -2.32. The van der Waals surface area contributed by atoms with Crippen molar-refractivity contribution in [2.75, 3.05) is 18.1 Å². The van der Waals surface area contributed by atoms with Crippen molar-refractivity contribution in [3.05, 3.63) is 58.6 Å². The van der Waals surface area contributed by atoms with Gasteiger partial charge in [-0.1, -0.05) is 35.9 Å². The summed E-state index contributed by atoms with van der Waals surface area (Å²) in [6.07, 6.45) is 0. The molecule has 1 aliphatic heterocycles. The predicted molar refractivity (Wildman–Crippen MR) is 79.2 cm³/mol. The first-order valence-electron chi connectivity index (χ1n) is 6.46. The van der Waals surface area contributed by atoms with Crippen LogP contribution in [0, 0.1) is 6.92 Å². The molecule has 0 aliphatic carbocycles. The molecule has 19 heavy (non-hydrogen) atoms. The summed E-state index contributed by atoms with van der Waals surface area (Å²) in [4.78, 5) is 2.33. The standard InChI is InChI=1S/C16H16ClNO/c1-12-6-7-16-15(10-12)18(8-9-19-16)11-13-4-2-3-5-14(13)17/h2-7,10H,8-9,11H2,1H3. The minimum absolute atomic E-state index is 0.723. The molecule has 0 amide bonds. The summed E-state index contributed by atoms with van der Waals surface area (Å²) in [6.45, 7) is 4.53. The van der Waals surface area contributed by atoms with Crippen molar-refractivity contribution in [3.63, 3.8) is 0 Å². The van der Waals surface area contributed by atoms with Gasteiger partial charge in [0.25, 0.3) is 0 Å². The van der Waals surface area contributed by atoms with E-state index in [9.17, 15) is 0 Å². The second kappa shape index (κ2) is 5.14. The molecule has 2 aromatic rings. The molecule has 1 aliphatic rings. The number of benzene rings is 2. The molecule has 3 heteroatoms. The third kappa shape index (κ3) is 2.54. The number of anilines is 1. The molecule has 0 saturated heterocycles. The van der Waals surface area contributed by atoms with Crippen LogP contribution >= 0.6 is 11.6 Å². The second-order valence-corrected chi connectivity index (χ2v) is 5.24. The van der Waals surface area contributed by atoms with Gasteiger partial charge in [-0.3, -0.25) is 0 Å². The number of fused-ring (bicyclic) bond motifs is 1. The Labute approximate surface area is 118 Å². The lowest BCUT2D eigenvalue weighted by Gasteiger charge is -2.31. The van der Waals surface area contributed by atoms with Crippen LogP contribution in [0.3, 0.4) is 0 Å². The smallest absolute Gasteiger partial charge is 0.142 e. The van der Waals surface area contributed by atoms with Crippen LogP contribution in [0.25, 0.3) is 0 Å². The molecule has 3 rings (SSSR count).